The minimum absolute atomic E-state index is 0.112. The highest BCUT2D eigenvalue weighted by molar-refractivity contribution is 5.77. The fraction of sp³-hybridized carbons (Fsp3) is 0.400. The standard InChI is InChI=1S/C20H23N7O/c1-2-3-11-26-18-17(24-20(26)25-10-4-5-16(21)14-25)12-23-27(19(18)28)13-15-6-8-22-9-7-15/h6-9,12,16H,4-5,10-11,13-14,21H2,1H3. The van der Waals surface area contributed by atoms with Crippen LogP contribution in [0.4, 0.5) is 5.95 Å². The number of anilines is 1. The van der Waals surface area contributed by atoms with E-state index in [0.29, 0.717) is 24.1 Å². The molecule has 8 nitrogen and oxygen atoms in total. The molecule has 0 aliphatic carbocycles. The number of imidazole rings is 1. The van der Waals surface area contributed by atoms with Gasteiger partial charge in [0, 0.05) is 31.5 Å². The first-order chi connectivity index (χ1) is 13.7. The van der Waals surface area contributed by atoms with E-state index in [1.807, 2.05) is 16.7 Å². The summed E-state index contributed by atoms with van der Waals surface area (Å²) in [6.07, 6.45) is 7.08. The molecule has 2 N–H and O–H groups in total. The predicted octanol–water partition coefficient (Wildman–Crippen LogP) is 0.987. The van der Waals surface area contributed by atoms with Crippen molar-refractivity contribution in [1.29, 1.82) is 0 Å². The van der Waals surface area contributed by atoms with Gasteiger partial charge >= 0.3 is 0 Å². The van der Waals surface area contributed by atoms with Crippen molar-refractivity contribution in [2.24, 2.45) is 5.73 Å². The van der Waals surface area contributed by atoms with Crippen LogP contribution in [0.2, 0.25) is 0 Å². The molecule has 3 aromatic heterocycles. The second-order valence-corrected chi connectivity index (χ2v) is 6.97. The van der Waals surface area contributed by atoms with Gasteiger partial charge in [0.05, 0.1) is 19.3 Å². The largest absolute Gasteiger partial charge is 0.341 e. The Bertz CT molecular complexity index is 1090. The lowest BCUT2D eigenvalue weighted by molar-refractivity contribution is 0.496. The first-order valence-electron chi connectivity index (χ1n) is 9.42. The van der Waals surface area contributed by atoms with E-state index in [0.717, 1.165) is 37.4 Å². The van der Waals surface area contributed by atoms with E-state index in [2.05, 4.69) is 26.8 Å². The van der Waals surface area contributed by atoms with E-state index in [9.17, 15) is 4.79 Å². The summed E-state index contributed by atoms with van der Waals surface area (Å²) in [5.74, 6) is 6.72. The van der Waals surface area contributed by atoms with Crippen LogP contribution in [0.5, 0.6) is 0 Å². The third-order valence-electron chi connectivity index (χ3n) is 4.97. The van der Waals surface area contributed by atoms with Crippen LogP contribution in [0.15, 0.2) is 35.5 Å². The van der Waals surface area contributed by atoms with E-state index in [-0.39, 0.29) is 11.6 Å². The van der Waals surface area contributed by atoms with Crippen molar-refractivity contribution in [2.75, 3.05) is 18.0 Å². The van der Waals surface area contributed by atoms with Crippen LogP contribution in [0.1, 0.15) is 25.3 Å². The van der Waals surface area contributed by atoms with E-state index in [4.69, 9.17) is 10.7 Å². The lowest BCUT2D eigenvalue weighted by atomic mass is 10.1. The molecule has 1 saturated heterocycles. The summed E-state index contributed by atoms with van der Waals surface area (Å²) in [6, 6.07) is 3.86. The van der Waals surface area contributed by atoms with E-state index >= 15 is 0 Å². The van der Waals surface area contributed by atoms with Crippen molar-refractivity contribution in [3.8, 4) is 11.8 Å². The lowest BCUT2D eigenvalue weighted by Crippen LogP contribution is -2.44. The Morgan fingerprint density at radius 1 is 1.32 bits per heavy atom. The van der Waals surface area contributed by atoms with Gasteiger partial charge in [-0.15, -0.1) is 5.92 Å². The molecule has 3 aromatic rings. The topological polar surface area (TPSA) is 94.9 Å². The van der Waals surface area contributed by atoms with Crippen LogP contribution in [-0.2, 0) is 13.1 Å². The van der Waals surface area contributed by atoms with Crippen molar-refractivity contribution in [1.82, 2.24) is 24.3 Å². The van der Waals surface area contributed by atoms with Crippen molar-refractivity contribution >= 4 is 17.0 Å². The average Bonchev–Trinajstić information content (AvgIpc) is 3.08. The highest BCUT2D eigenvalue weighted by atomic mass is 16.1. The molecule has 0 saturated carbocycles. The molecule has 1 unspecified atom stereocenters. The van der Waals surface area contributed by atoms with Crippen LogP contribution < -0.4 is 16.2 Å². The predicted molar refractivity (Wildman–Crippen MR) is 108 cm³/mol. The summed E-state index contributed by atoms with van der Waals surface area (Å²) in [5.41, 5.74) is 8.06. The minimum atomic E-state index is -0.174. The molecule has 1 atom stereocenters. The van der Waals surface area contributed by atoms with Crippen LogP contribution in [0.25, 0.3) is 11.0 Å². The molecule has 4 rings (SSSR count). The summed E-state index contributed by atoms with van der Waals surface area (Å²) in [6.45, 7) is 4.17. The van der Waals surface area contributed by atoms with Crippen LogP contribution in [-0.4, -0.2) is 43.4 Å². The number of aromatic nitrogens is 5. The summed E-state index contributed by atoms with van der Waals surface area (Å²) >= 11 is 0. The zero-order valence-corrected chi connectivity index (χ0v) is 15.9. The van der Waals surface area contributed by atoms with Gasteiger partial charge < -0.3 is 10.6 Å². The number of hydrogen-bond acceptors (Lipinski definition) is 6. The molecule has 0 spiro atoms. The Balaban J connectivity index is 1.81. The van der Waals surface area contributed by atoms with E-state index < -0.39 is 0 Å². The Kier molecular flexibility index (Phi) is 5.08. The molecule has 0 aromatic carbocycles. The zero-order chi connectivity index (χ0) is 19.5. The second kappa shape index (κ2) is 7.82. The van der Waals surface area contributed by atoms with Gasteiger partial charge in [0.15, 0.2) is 0 Å². The summed E-state index contributed by atoms with van der Waals surface area (Å²) < 4.78 is 3.36. The van der Waals surface area contributed by atoms with Gasteiger partial charge in [-0.25, -0.2) is 9.67 Å². The smallest absolute Gasteiger partial charge is 0.293 e. The molecule has 0 amide bonds. The van der Waals surface area contributed by atoms with Crippen molar-refractivity contribution in [2.45, 2.75) is 38.9 Å². The normalized spacial score (nSPS) is 16.8. The highest BCUT2D eigenvalue weighted by Crippen LogP contribution is 2.23. The van der Waals surface area contributed by atoms with Crippen molar-refractivity contribution in [3.05, 3.63) is 46.6 Å². The summed E-state index contributed by atoms with van der Waals surface area (Å²) in [4.78, 5) is 24.1. The second-order valence-electron chi connectivity index (χ2n) is 6.97. The molecular formula is C20H23N7O. The summed E-state index contributed by atoms with van der Waals surface area (Å²) in [5, 5.41) is 4.33. The molecule has 8 heteroatoms. The number of rotatable bonds is 4. The first kappa shape index (κ1) is 18.2. The third kappa shape index (κ3) is 3.49. The number of piperidine rings is 1. The molecule has 0 bridgehead atoms. The van der Waals surface area contributed by atoms with Gasteiger partial charge in [-0.3, -0.25) is 14.3 Å². The van der Waals surface area contributed by atoms with E-state index in [1.165, 1.54) is 4.68 Å². The minimum Gasteiger partial charge on any atom is -0.341 e. The monoisotopic (exact) mass is 377 g/mol. The maximum atomic E-state index is 13.2. The van der Waals surface area contributed by atoms with E-state index in [1.54, 1.807) is 25.5 Å². The first-order valence-corrected chi connectivity index (χ1v) is 9.42. The SMILES string of the molecule is CC#CCn1c(N2CCCC(N)C2)nc2cnn(Cc3ccncc3)c(=O)c21. The fourth-order valence-electron chi connectivity index (χ4n) is 3.59. The van der Waals surface area contributed by atoms with Gasteiger partial charge in [-0.1, -0.05) is 5.92 Å². The van der Waals surface area contributed by atoms with Crippen LogP contribution in [0.3, 0.4) is 0 Å². The van der Waals surface area contributed by atoms with Crippen LogP contribution in [0, 0.1) is 11.8 Å². The maximum absolute atomic E-state index is 13.2. The van der Waals surface area contributed by atoms with Gasteiger partial charge in [0.25, 0.3) is 5.56 Å². The van der Waals surface area contributed by atoms with Gasteiger partial charge in [-0.05, 0) is 37.5 Å². The average molecular weight is 377 g/mol. The molecule has 4 heterocycles. The molecule has 1 aliphatic rings. The van der Waals surface area contributed by atoms with Crippen molar-refractivity contribution in [3.63, 3.8) is 0 Å². The highest BCUT2D eigenvalue weighted by Gasteiger charge is 2.24. The number of hydrogen-bond donors (Lipinski definition) is 1. The zero-order valence-electron chi connectivity index (χ0n) is 15.9. The molecule has 28 heavy (non-hydrogen) atoms. The van der Waals surface area contributed by atoms with Crippen molar-refractivity contribution < 1.29 is 0 Å². The van der Waals surface area contributed by atoms with Gasteiger partial charge in [0.1, 0.15) is 11.0 Å². The maximum Gasteiger partial charge on any atom is 0.293 e. The summed E-state index contributed by atoms with van der Waals surface area (Å²) in [7, 11) is 0. The number of pyridine rings is 1. The fourth-order valence-corrected chi connectivity index (χ4v) is 3.59. The van der Waals surface area contributed by atoms with Gasteiger partial charge in [-0.2, -0.15) is 5.10 Å². The molecule has 1 fully saturated rings. The quantitative estimate of drug-likeness (QED) is 0.681. The van der Waals surface area contributed by atoms with Crippen LogP contribution >= 0.6 is 0 Å². The Labute approximate surface area is 163 Å². The molecule has 144 valence electrons. The lowest BCUT2D eigenvalue weighted by Gasteiger charge is -2.31. The number of fused-ring (bicyclic) bond motifs is 1. The Hall–Kier alpha value is -3.18. The Morgan fingerprint density at radius 2 is 2.14 bits per heavy atom. The third-order valence-corrected chi connectivity index (χ3v) is 4.97. The Morgan fingerprint density at radius 3 is 2.89 bits per heavy atom. The van der Waals surface area contributed by atoms with Gasteiger partial charge in [0.2, 0.25) is 5.95 Å². The molecule has 1 aliphatic heterocycles. The molecular weight excluding hydrogens is 354 g/mol. The molecule has 0 radical (unpaired) electrons. The number of nitrogens with zero attached hydrogens (tertiary/aromatic N) is 6. The number of nitrogens with two attached hydrogens (primary N) is 1.